The van der Waals surface area contributed by atoms with Crippen molar-refractivity contribution in [2.75, 3.05) is 31.1 Å². The number of amides is 1. The number of nitrogens with zero attached hydrogens (tertiary/aromatic N) is 2. The van der Waals surface area contributed by atoms with Gasteiger partial charge < -0.3 is 9.80 Å². The Labute approximate surface area is 135 Å². The zero-order chi connectivity index (χ0) is 15.4. The van der Waals surface area contributed by atoms with E-state index in [1.54, 1.807) is 0 Å². The molecule has 1 aromatic heterocycles. The van der Waals surface area contributed by atoms with Gasteiger partial charge in [0.05, 0.1) is 6.42 Å². The zero-order valence-corrected chi connectivity index (χ0v) is 13.1. The molecule has 3 rings (SSSR count). The Morgan fingerprint density at radius 3 is 2.41 bits per heavy atom. The van der Waals surface area contributed by atoms with Crippen LogP contribution in [0.4, 0.5) is 5.69 Å². The van der Waals surface area contributed by atoms with E-state index >= 15 is 0 Å². The minimum atomic E-state index is 0.147. The molecule has 0 spiro atoms. The maximum Gasteiger partial charge on any atom is 0.227 e. The third-order valence-electron chi connectivity index (χ3n) is 4.00. The fourth-order valence-corrected chi connectivity index (χ4v) is 2.92. The molecule has 114 valence electrons. The summed E-state index contributed by atoms with van der Waals surface area (Å²) < 4.78 is 0. The Bertz CT molecular complexity index is 639. The molecule has 2 heterocycles. The first-order chi connectivity index (χ1) is 10.7. The van der Waals surface area contributed by atoms with Gasteiger partial charge in [-0.2, -0.15) is 0 Å². The molecule has 0 aliphatic carbocycles. The minimum absolute atomic E-state index is 0.147. The maximum absolute atomic E-state index is 12.4. The summed E-state index contributed by atoms with van der Waals surface area (Å²) in [5.74, 6) is 0.147. The van der Waals surface area contributed by atoms with Gasteiger partial charge in [0, 0.05) is 49.0 Å². The van der Waals surface area contributed by atoms with E-state index < -0.39 is 0 Å². The first-order valence-electron chi connectivity index (χ1n) is 7.46. The third kappa shape index (κ3) is 3.39. The lowest BCUT2D eigenvalue weighted by Gasteiger charge is -2.36. The fraction of sp³-hybridized carbons (Fsp3) is 0.294. The number of carbonyl (C=O) groups is 1. The van der Waals surface area contributed by atoms with Crippen molar-refractivity contribution in [3.8, 4) is 0 Å². The number of rotatable bonds is 3. The second-order valence-electron chi connectivity index (χ2n) is 5.39. The predicted molar refractivity (Wildman–Crippen MR) is 86.9 cm³/mol. The van der Waals surface area contributed by atoms with Crippen molar-refractivity contribution in [1.29, 1.82) is 0 Å². The number of carbonyl (C=O) groups excluding carboxylic acids is 1. The van der Waals surface area contributed by atoms with Crippen LogP contribution >= 0.6 is 11.6 Å². The summed E-state index contributed by atoms with van der Waals surface area (Å²) in [6.07, 6.45) is 4.22. The molecule has 1 aliphatic rings. The van der Waals surface area contributed by atoms with E-state index in [0.29, 0.717) is 11.4 Å². The molecule has 0 atom stereocenters. The first-order valence-corrected chi connectivity index (χ1v) is 7.84. The van der Waals surface area contributed by atoms with Crippen molar-refractivity contribution in [3.63, 3.8) is 0 Å². The molecule has 1 aromatic carbocycles. The normalized spacial score (nSPS) is 15.0. The number of H-pyrrole nitrogens is 1. The summed E-state index contributed by atoms with van der Waals surface area (Å²) in [4.78, 5) is 19.7. The number of hydrogen-bond donors (Lipinski definition) is 0. The molecule has 1 amide bonds. The van der Waals surface area contributed by atoms with E-state index in [-0.39, 0.29) is 5.91 Å². The molecule has 5 heteroatoms. The van der Waals surface area contributed by atoms with E-state index in [1.807, 2.05) is 41.6 Å². The van der Waals surface area contributed by atoms with Crippen LogP contribution in [0.15, 0.2) is 48.8 Å². The molecule has 22 heavy (non-hydrogen) atoms. The monoisotopic (exact) mass is 316 g/mol. The minimum Gasteiger partial charge on any atom is -0.368 e. The van der Waals surface area contributed by atoms with E-state index in [1.165, 1.54) is 5.69 Å². The van der Waals surface area contributed by atoms with Crippen LogP contribution in [-0.4, -0.2) is 37.0 Å². The second-order valence-corrected chi connectivity index (χ2v) is 5.80. The number of anilines is 1. The molecule has 0 saturated carbocycles. The number of halogens is 1. The molecule has 0 radical (unpaired) electrons. The molecule has 2 aromatic rings. The molecule has 1 fully saturated rings. The lowest BCUT2D eigenvalue weighted by molar-refractivity contribution is -0.377. The summed E-state index contributed by atoms with van der Waals surface area (Å²) in [5, 5.41) is 0.662. The van der Waals surface area contributed by atoms with Crippen LogP contribution in [0, 0.1) is 0 Å². The van der Waals surface area contributed by atoms with Crippen molar-refractivity contribution in [3.05, 3.63) is 59.4 Å². The standard InChI is InChI=1S/C17H18ClN3O/c18-16-4-2-1-3-14(16)13-17(22)21-11-9-20(10-12-21)15-5-7-19-8-6-15/h1-8H,9-13H2/p+1. The molecule has 1 saturated heterocycles. The fourth-order valence-electron chi connectivity index (χ4n) is 2.72. The first kappa shape index (κ1) is 14.9. The van der Waals surface area contributed by atoms with Crippen LogP contribution < -0.4 is 9.88 Å². The number of piperazine rings is 1. The van der Waals surface area contributed by atoms with Gasteiger partial charge in [-0.1, -0.05) is 29.8 Å². The number of aromatic amines is 1. The molecule has 1 aliphatic heterocycles. The average Bonchev–Trinajstić information content (AvgIpc) is 2.58. The summed E-state index contributed by atoms with van der Waals surface area (Å²) in [6.45, 7) is 3.22. The largest absolute Gasteiger partial charge is 0.368 e. The van der Waals surface area contributed by atoms with Crippen LogP contribution in [0.5, 0.6) is 0 Å². The van der Waals surface area contributed by atoms with E-state index in [4.69, 9.17) is 11.6 Å². The smallest absolute Gasteiger partial charge is 0.227 e. The lowest BCUT2D eigenvalue weighted by Crippen LogP contribution is -2.49. The second kappa shape index (κ2) is 6.79. The highest BCUT2D eigenvalue weighted by Crippen LogP contribution is 2.18. The molecule has 0 bridgehead atoms. The average molecular weight is 317 g/mol. The summed E-state index contributed by atoms with van der Waals surface area (Å²) in [5.41, 5.74) is 2.09. The van der Waals surface area contributed by atoms with Crippen LogP contribution in [0.2, 0.25) is 5.02 Å². The summed E-state index contributed by atoms with van der Waals surface area (Å²) >= 11 is 6.13. The van der Waals surface area contributed by atoms with Crippen molar-refractivity contribution in [2.45, 2.75) is 6.42 Å². The number of aromatic nitrogens is 1. The SMILES string of the molecule is O=C(Cc1ccccc1Cl)N1CCN(c2cc[nH+]cc2)CC1. The highest BCUT2D eigenvalue weighted by Gasteiger charge is 2.22. The number of nitrogens with one attached hydrogen (secondary N) is 1. The Hall–Kier alpha value is -2.07. The number of pyridine rings is 1. The Morgan fingerprint density at radius 2 is 1.73 bits per heavy atom. The van der Waals surface area contributed by atoms with Crippen molar-refractivity contribution >= 4 is 23.2 Å². The van der Waals surface area contributed by atoms with Crippen molar-refractivity contribution in [1.82, 2.24) is 4.90 Å². The van der Waals surface area contributed by atoms with Crippen LogP contribution in [0.1, 0.15) is 5.56 Å². The van der Waals surface area contributed by atoms with E-state index in [2.05, 4.69) is 22.0 Å². The number of benzene rings is 1. The number of hydrogen-bond acceptors (Lipinski definition) is 2. The van der Waals surface area contributed by atoms with Gasteiger partial charge in [0.25, 0.3) is 0 Å². The van der Waals surface area contributed by atoms with Crippen LogP contribution in [-0.2, 0) is 11.2 Å². The quantitative estimate of drug-likeness (QED) is 0.869. The Kier molecular flexibility index (Phi) is 4.59. The van der Waals surface area contributed by atoms with E-state index in [9.17, 15) is 4.79 Å². The third-order valence-corrected chi connectivity index (χ3v) is 4.37. The maximum atomic E-state index is 12.4. The highest BCUT2D eigenvalue weighted by atomic mass is 35.5. The van der Waals surface area contributed by atoms with Gasteiger partial charge in [0.15, 0.2) is 12.4 Å². The summed E-state index contributed by atoms with van der Waals surface area (Å²) in [6, 6.07) is 11.7. The predicted octanol–water partition coefficient (Wildman–Crippen LogP) is 2.05. The Balaban J connectivity index is 1.57. The van der Waals surface area contributed by atoms with Gasteiger partial charge in [-0.3, -0.25) is 4.79 Å². The summed E-state index contributed by atoms with van der Waals surface area (Å²) in [7, 11) is 0. The topological polar surface area (TPSA) is 37.7 Å². The van der Waals surface area contributed by atoms with Gasteiger partial charge in [0.1, 0.15) is 0 Å². The molecule has 0 unspecified atom stereocenters. The molecule has 1 N–H and O–H groups in total. The van der Waals surface area contributed by atoms with Crippen LogP contribution in [0.3, 0.4) is 0 Å². The van der Waals surface area contributed by atoms with Gasteiger partial charge in [0.2, 0.25) is 5.91 Å². The van der Waals surface area contributed by atoms with Crippen LogP contribution in [0.25, 0.3) is 0 Å². The van der Waals surface area contributed by atoms with Gasteiger partial charge in [-0.05, 0) is 11.6 Å². The Morgan fingerprint density at radius 1 is 1.05 bits per heavy atom. The van der Waals surface area contributed by atoms with Gasteiger partial charge in [-0.25, -0.2) is 4.98 Å². The highest BCUT2D eigenvalue weighted by molar-refractivity contribution is 6.31. The molecular weight excluding hydrogens is 298 g/mol. The zero-order valence-electron chi connectivity index (χ0n) is 12.3. The van der Waals surface area contributed by atoms with Gasteiger partial charge in [-0.15, -0.1) is 0 Å². The van der Waals surface area contributed by atoms with Crippen molar-refractivity contribution < 1.29 is 9.78 Å². The molecular formula is C17H19ClN3O+. The van der Waals surface area contributed by atoms with Crippen molar-refractivity contribution in [2.24, 2.45) is 0 Å². The molecule has 4 nitrogen and oxygen atoms in total. The van der Waals surface area contributed by atoms with E-state index in [0.717, 1.165) is 31.7 Å². The van der Waals surface area contributed by atoms with Gasteiger partial charge >= 0.3 is 0 Å². The lowest BCUT2D eigenvalue weighted by atomic mass is 10.1.